The fraction of sp³-hybridized carbons (Fsp3) is 0.269. The van der Waals surface area contributed by atoms with Crippen LogP contribution >= 0.6 is 0 Å². The normalized spacial score (nSPS) is 13.5. The highest BCUT2D eigenvalue weighted by atomic mass is 16.6. The number of aromatic nitrogens is 3. The van der Waals surface area contributed by atoms with Gasteiger partial charge in [0.05, 0.1) is 41.7 Å². The molecule has 3 aromatic carbocycles. The van der Waals surface area contributed by atoms with Crippen LogP contribution in [-0.4, -0.2) is 58.7 Å². The lowest BCUT2D eigenvalue weighted by molar-refractivity contribution is -0.384. The summed E-state index contributed by atoms with van der Waals surface area (Å²) in [5.41, 5.74) is 4.10. The van der Waals surface area contributed by atoms with Gasteiger partial charge in [-0.05, 0) is 61.9 Å². The van der Waals surface area contributed by atoms with E-state index in [0.717, 1.165) is 17.0 Å². The molecule has 0 saturated carbocycles. The van der Waals surface area contributed by atoms with Crippen LogP contribution < -0.4 is 15.0 Å². The number of anilines is 2. The number of ether oxygens (including phenoxy) is 2. The van der Waals surface area contributed by atoms with Crippen LogP contribution in [0.25, 0.3) is 16.7 Å². The summed E-state index contributed by atoms with van der Waals surface area (Å²) in [6.45, 7) is 6.62. The van der Waals surface area contributed by atoms with Gasteiger partial charge in [-0.2, -0.15) is 4.80 Å². The van der Waals surface area contributed by atoms with E-state index in [1.807, 2.05) is 49.1 Å². The fourth-order valence-corrected chi connectivity index (χ4v) is 4.25. The number of fused-ring (bicyclic) bond motifs is 1. The molecule has 1 amide bonds. The molecule has 0 unspecified atom stereocenters. The first-order valence-corrected chi connectivity index (χ1v) is 12.0. The molecule has 11 heteroatoms. The largest absolute Gasteiger partial charge is 0.494 e. The molecule has 190 valence electrons. The number of nitrogens with one attached hydrogen (secondary N) is 1. The van der Waals surface area contributed by atoms with Crippen LogP contribution in [0.5, 0.6) is 5.75 Å². The van der Waals surface area contributed by atoms with Crippen LogP contribution in [0.15, 0.2) is 54.6 Å². The number of aryl methyl sites for hydroxylation is 1. The lowest BCUT2D eigenvalue weighted by Crippen LogP contribution is -2.37. The number of rotatable bonds is 7. The summed E-state index contributed by atoms with van der Waals surface area (Å²) in [5.74, 6) is 0.327. The maximum atomic E-state index is 13.4. The molecule has 37 heavy (non-hydrogen) atoms. The summed E-state index contributed by atoms with van der Waals surface area (Å²) in [5, 5.41) is 23.5. The predicted molar refractivity (Wildman–Crippen MR) is 139 cm³/mol. The molecule has 1 N–H and O–H groups in total. The minimum atomic E-state index is -0.504. The van der Waals surface area contributed by atoms with E-state index in [4.69, 9.17) is 9.47 Å². The predicted octanol–water partition coefficient (Wildman–Crippen LogP) is 4.12. The average molecular weight is 503 g/mol. The third-order valence-electron chi connectivity index (χ3n) is 6.14. The standard InChI is InChI=1S/C26H26N6O5/c1-3-37-20-7-4-18(5-8-20)31-28-23-14-17(2)22(16-24(23)29-31)27-26(33)21-15-19(32(34)35)6-9-25(21)30-10-12-36-13-11-30/h4-9,14-16H,3,10-13H2,1-2H3,(H,27,33). The lowest BCUT2D eigenvalue weighted by atomic mass is 10.1. The SMILES string of the molecule is CCOc1ccc(-n2nc3cc(C)c(NC(=O)c4cc([N+](=O)[O-])ccc4N4CCOCC4)cc3n2)cc1. The Kier molecular flexibility index (Phi) is 6.69. The Balaban J connectivity index is 1.44. The van der Waals surface area contributed by atoms with Crippen molar-refractivity contribution in [2.75, 3.05) is 43.1 Å². The molecule has 2 heterocycles. The van der Waals surface area contributed by atoms with Gasteiger partial charge >= 0.3 is 0 Å². The van der Waals surface area contributed by atoms with Crippen LogP contribution in [0.3, 0.4) is 0 Å². The number of nitrogens with zero attached hydrogens (tertiary/aromatic N) is 5. The molecule has 1 aromatic heterocycles. The summed E-state index contributed by atoms with van der Waals surface area (Å²) in [6.07, 6.45) is 0. The third-order valence-corrected chi connectivity index (χ3v) is 6.14. The average Bonchev–Trinajstić information content (AvgIpc) is 3.32. The topological polar surface area (TPSA) is 125 Å². The van der Waals surface area contributed by atoms with Crippen molar-refractivity contribution in [1.29, 1.82) is 0 Å². The Morgan fingerprint density at radius 3 is 2.46 bits per heavy atom. The molecule has 1 saturated heterocycles. The molecule has 0 aliphatic carbocycles. The molecule has 4 aromatic rings. The van der Waals surface area contributed by atoms with Gasteiger partial charge in [0.2, 0.25) is 0 Å². The van der Waals surface area contributed by atoms with Crippen molar-refractivity contribution >= 4 is 34.0 Å². The fourth-order valence-electron chi connectivity index (χ4n) is 4.25. The third kappa shape index (κ3) is 5.07. The van der Waals surface area contributed by atoms with Crippen LogP contribution in [0.1, 0.15) is 22.8 Å². The highest BCUT2D eigenvalue weighted by Gasteiger charge is 2.23. The van der Waals surface area contributed by atoms with Gasteiger partial charge in [-0.15, -0.1) is 10.2 Å². The first-order valence-electron chi connectivity index (χ1n) is 12.0. The van der Waals surface area contributed by atoms with Crippen LogP contribution in [0, 0.1) is 17.0 Å². The van der Waals surface area contributed by atoms with Gasteiger partial charge in [-0.1, -0.05) is 0 Å². The number of hydrogen-bond donors (Lipinski definition) is 1. The number of benzene rings is 3. The molecular weight excluding hydrogens is 476 g/mol. The van der Waals surface area contributed by atoms with Gasteiger partial charge in [0.15, 0.2) is 0 Å². The zero-order valence-corrected chi connectivity index (χ0v) is 20.5. The van der Waals surface area contributed by atoms with Gasteiger partial charge in [0.25, 0.3) is 11.6 Å². The van der Waals surface area contributed by atoms with Crippen molar-refractivity contribution in [3.05, 3.63) is 75.8 Å². The van der Waals surface area contributed by atoms with Crippen molar-refractivity contribution in [3.8, 4) is 11.4 Å². The molecule has 1 fully saturated rings. The summed E-state index contributed by atoms with van der Waals surface area (Å²) < 4.78 is 10.9. The van der Waals surface area contributed by atoms with E-state index in [2.05, 4.69) is 15.5 Å². The Hall–Kier alpha value is -4.51. The number of nitro benzene ring substituents is 1. The van der Waals surface area contributed by atoms with Gasteiger partial charge in [-0.25, -0.2) is 0 Å². The van der Waals surface area contributed by atoms with Gasteiger partial charge in [-0.3, -0.25) is 14.9 Å². The van der Waals surface area contributed by atoms with Crippen molar-refractivity contribution in [1.82, 2.24) is 15.0 Å². The first-order chi connectivity index (χ1) is 17.9. The highest BCUT2D eigenvalue weighted by molar-refractivity contribution is 6.09. The zero-order valence-electron chi connectivity index (χ0n) is 20.5. The molecular formula is C26H26N6O5. The van der Waals surface area contributed by atoms with Crippen molar-refractivity contribution < 1.29 is 19.2 Å². The molecule has 0 radical (unpaired) electrons. The quantitative estimate of drug-likeness (QED) is 0.296. The minimum Gasteiger partial charge on any atom is -0.494 e. The van der Waals surface area contributed by atoms with Crippen LogP contribution in [0.4, 0.5) is 17.1 Å². The number of hydrogen-bond acceptors (Lipinski definition) is 8. The Morgan fingerprint density at radius 1 is 1.08 bits per heavy atom. The summed E-state index contributed by atoms with van der Waals surface area (Å²) in [6, 6.07) is 15.4. The first kappa shape index (κ1) is 24.2. The van der Waals surface area contributed by atoms with E-state index in [-0.39, 0.29) is 11.3 Å². The van der Waals surface area contributed by atoms with E-state index in [1.54, 1.807) is 12.1 Å². The summed E-state index contributed by atoms with van der Waals surface area (Å²) >= 11 is 0. The van der Waals surface area contributed by atoms with Crippen molar-refractivity contribution in [3.63, 3.8) is 0 Å². The van der Waals surface area contributed by atoms with E-state index < -0.39 is 10.8 Å². The van der Waals surface area contributed by atoms with E-state index >= 15 is 0 Å². The zero-order chi connectivity index (χ0) is 25.9. The molecule has 0 bridgehead atoms. The number of carbonyl (C=O) groups excluding carboxylic acids is 1. The number of non-ortho nitro benzene ring substituents is 1. The minimum absolute atomic E-state index is 0.146. The molecule has 0 atom stereocenters. The monoisotopic (exact) mass is 502 g/mol. The maximum absolute atomic E-state index is 13.4. The number of morpholine rings is 1. The number of nitro groups is 1. The van der Waals surface area contributed by atoms with Crippen LogP contribution in [-0.2, 0) is 4.74 Å². The molecule has 5 rings (SSSR count). The van der Waals surface area contributed by atoms with E-state index in [0.29, 0.717) is 55.3 Å². The number of carbonyl (C=O) groups is 1. The molecule has 0 spiro atoms. The Morgan fingerprint density at radius 2 is 1.78 bits per heavy atom. The van der Waals surface area contributed by atoms with Crippen LogP contribution in [0.2, 0.25) is 0 Å². The second kappa shape index (κ2) is 10.2. The van der Waals surface area contributed by atoms with Crippen molar-refractivity contribution in [2.24, 2.45) is 0 Å². The molecule has 1 aliphatic heterocycles. The van der Waals surface area contributed by atoms with Gasteiger partial charge in [0, 0.05) is 30.9 Å². The summed E-state index contributed by atoms with van der Waals surface area (Å²) in [4.78, 5) is 27.8. The van der Waals surface area contributed by atoms with Crippen molar-refractivity contribution in [2.45, 2.75) is 13.8 Å². The Labute approximate surface area is 212 Å². The Bertz CT molecular complexity index is 1460. The van der Waals surface area contributed by atoms with E-state index in [1.165, 1.54) is 16.9 Å². The van der Waals surface area contributed by atoms with Gasteiger partial charge in [0.1, 0.15) is 16.8 Å². The second-order valence-electron chi connectivity index (χ2n) is 8.58. The molecule has 1 aliphatic rings. The van der Waals surface area contributed by atoms with E-state index in [9.17, 15) is 14.9 Å². The summed E-state index contributed by atoms with van der Waals surface area (Å²) in [7, 11) is 0. The number of amides is 1. The molecule has 11 nitrogen and oxygen atoms in total. The van der Waals surface area contributed by atoms with Gasteiger partial charge < -0.3 is 19.7 Å². The smallest absolute Gasteiger partial charge is 0.270 e. The lowest BCUT2D eigenvalue weighted by Gasteiger charge is -2.30. The maximum Gasteiger partial charge on any atom is 0.270 e. The second-order valence-corrected chi connectivity index (χ2v) is 8.58. The highest BCUT2D eigenvalue weighted by Crippen LogP contribution is 2.29.